The zero-order valence-corrected chi connectivity index (χ0v) is 16.5. The molecule has 136 valence electrons. The lowest BCUT2D eigenvalue weighted by Gasteiger charge is -2.11. The van der Waals surface area contributed by atoms with E-state index in [9.17, 15) is 10.1 Å². The molecule has 1 N–H and O–H groups in total. The van der Waals surface area contributed by atoms with E-state index >= 15 is 0 Å². The van der Waals surface area contributed by atoms with E-state index in [-0.39, 0.29) is 11.7 Å². The van der Waals surface area contributed by atoms with E-state index in [0.29, 0.717) is 10.6 Å². The second-order valence-electron chi connectivity index (χ2n) is 6.45. The molecule has 0 saturated carbocycles. The summed E-state index contributed by atoms with van der Waals surface area (Å²) >= 11 is 1.29. The Morgan fingerprint density at radius 3 is 2.74 bits per heavy atom. The van der Waals surface area contributed by atoms with Gasteiger partial charge in [0, 0.05) is 11.1 Å². The zero-order chi connectivity index (χ0) is 19.4. The first kappa shape index (κ1) is 18.9. The van der Waals surface area contributed by atoms with E-state index < -0.39 is 0 Å². The molecule has 1 aromatic heterocycles. The number of hydrogen-bond donors (Lipinski definition) is 1. The number of nitrogens with one attached hydrogen (secondary N) is 1. The maximum absolute atomic E-state index is 12.4. The molecule has 0 aliphatic rings. The van der Waals surface area contributed by atoms with Gasteiger partial charge in [-0.3, -0.25) is 4.79 Å². The maximum atomic E-state index is 12.4. The number of nitrogens with zero attached hydrogens (tertiary/aromatic N) is 2. The van der Waals surface area contributed by atoms with Crippen LogP contribution in [0.1, 0.15) is 29.2 Å². The number of pyridine rings is 1. The van der Waals surface area contributed by atoms with E-state index in [0.717, 1.165) is 39.7 Å². The number of para-hydroxylation sites is 1. The zero-order valence-electron chi connectivity index (χ0n) is 15.7. The summed E-state index contributed by atoms with van der Waals surface area (Å²) < 4.78 is 0. The van der Waals surface area contributed by atoms with Crippen LogP contribution in [0.15, 0.2) is 47.5 Å². The Bertz CT molecular complexity index is 1050. The van der Waals surface area contributed by atoms with Gasteiger partial charge >= 0.3 is 0 Å². The Hall–Kier alpha value is -2.84. The van der Waals surface area contributed by atoms with Crippen molar-refractivity contribution in [3.8, 4) is 6.07 Å². The topological polar surface area (TPSA) is 65.8 Å². The van der Waals surface area contributed by atoms with E-state index in [2.05, 4.69) is 29.4 Å². The number of carbonyl (C=O) groups excluding carboxylic acids is 1. The van der Waals surface area contributed by atoms with E-state index in [1.165, 1.54) is 11.8 Å². The molecule has 0 aliphatic heterocycles. The monoisotopic (exact) mass is 375 g/mol. The van der Waals surface area contributed by atoms with Crippen LogP contribution in [0, 0.1) is 25.2 Å². The van der Waals surface area contributed by atoms with E-state index in [4.69, 9.17) is 0 Å². The fraction of sp³-hybridized carbons (Fsp3) is 0.227. The molecule has 0 unspecified atom stereocenters. The Labute approximate surface area is 163 Å². The van der Waals surface area contributed by atoms with Crippen molar-refractivity contribution in [2.45, 2.75) is 32.2 Å². The van der Waals surface area contributed by atoms with Crippen LogP contribution >= 0.6 is 11.8 Å². The van der Waals surface area contributed by atoms with Gasteiger partial charge in [0.15, 0.2) is 0 Å². The summed E-state index contributed by atoms with van der Waals surface area (Å²) in [5, 5.41) is 14.0. The predicted molar refractivity (Wildman–Crippen MR) is 111 cm³/mol. The summed E-state index contributed by atoms with van der Waals surface area (Å²) in [7, 11) is 0. The standard InChI is InChI=1S/C22H21N3OS/c1-4-16-7-5-6-8-19(16)24-20(26)13-27-22-18(12-23)11-17-10-14(2)9-15(3)21(17)25-22/h5-11H,4,13H2,1-3H3,(H,24,26). The van der Waals surface area contributed by atoms with Gasteiger partial charge in [0.2, 0.25) is 5.91 Å². The molecule has 0 radical (unpaired) electrons. The van der Waals surface area contributed by atoms with Crippen LogP contribution in [0.2, 0.25) is 0 Å². The second kappa shape index (κ2) is 8.24. The van der Waals surface area contributed by atoms with Crippen molar-refractivity contribution in [1.29, 1.82) is 5.26 Å². The van der Waals surface area contributed by atoms with Crippen LogP contribution in [0.4, 0.5) is 5.69 Å². The third-order valence-electron chi connectivity index (χ3n) is 4.35. The van der Waals surface area contributed by atoms with Crippen LogP contribution in [-0.4, -0.2) is 16.6 Å². The predicted octanol–water partition coefficient (Wildman–Crippen LogP) is 5.02. The summed E-state index contributed by atoms with van der Waals surface area (Å²) in [6.45, 7) is 6.10. The van der Waals surface area contributed by atoms with Gasteiger partial charge < -0.3 is 5.32 Å². The molecular weight excluding hydrogens is 354 g/mol. The SMILES string of the molecule is CCc1ccccc1NC(=O)CSc1nc2c(C)cc(C)cc2cc1C#N. The van der Waals surface area contributed by atoms with Gasteiger partial charge in [0.05, 0.1) is 16.8 Å². The number of thioether (sulfide) groups is 1. The number of aromatic nitrogens is 1. The molecule has 2 aromatic carbocycles. The first-order chi connectivity index (χ1) is 13.0. The highest BCUT2D eigenvalue weighted by molar-refractivity contribution is 8.00. The fourth-order valence-corrected chi connectivity index (χ4v) is 3.85. The molecule has 3 aromatic rings. The number of anilines is 1. The normalized spacial score (nSPS) is 10.6. The van der Waals surface area contributed by atoms with Gasteiger partial charge in [0.1, 0.15) is 11.1 Å². The highest BCUT2D eigenvalue weighted by Crippen LogP contribution is 2.27. The van der Waals surface area contributed by atoms with Crippen molar-refractivity contribution < 1.29 is 4.79 Å². The molecule has 3 rings (SSSR count). The van der Waals surface area contributed by atoms with Crippen molar-refractivity contribution in [2.75, 3.05) is 11.1 Å². The maximum Gasteiger partial charge on any atom is 0.234 e. The molecular formula is C22H21N3OS. The number of nitriles is 1. The average molecular weight is 375 g/mol. The minimum absolute atomic E-state index is 0.104. The Morgan fingerprint density at radius 1 is 1.22 bits per heavy atom. The molecule has 4 nitrogen and oxygen atoms in total. The van der Waals surface area contributed by atoms with Gasteiger partial charge in [0.25, 0.3) is 0 Å². The number of rotatable bonds is 5. The highest BCUT2D eigenvalue weighted by atomic mass is 32.2. The fourth-order valence-electron chi connectivity index (χ4n) is 3.10. The number of aryl methyl sites for hydroxylation is 3. The lowest BCUT2D eigenvalue weighted by Crippen LogP contribution is -2.15. The van der Waals surface area contributed by atoms with Crippen molar-refractivity contribution >= 4 is 34.3 Å². The van der Waals surface area contributed by atoms with Crippen molar-refractivity contribution in [3.63, 3.8) is 0 Å². The smallest absolute Gasteiger partial charge is 0.234 e. The van der Waals surface area contributed by atoms with Crippen molar-refractivity contribution in [1.82, 2.24) is 4.98 Å². The lowest BCUT2D eigenvalue weighted by atomic mass is 10.1. The van der Waals surface area contributed by atoms with Crippen LogP contribution in [0.5, 0.6) is 0 Å². The number of amides is 1. The first-order valence-electron chi connectivity index (χ1n) is 8.84. The molecule has 0 saturated heterocycles. The molecule has 0 fully saturated rings. The molecule has 1 heterocycles. The summed E-state index contributed by atoms with van der Waals surface area (Å²) in [5.41, 5.74) is 5.52. The van der Waals surface area contributed by atoms with Gasteiger partial charge in [-0.05, 0) is 49.6 Å². The summed E-state index contributed by atoms with van der Waals surface area (Å²) in [4.78, 5) is 17.0. The Balaban J connectivity index is 1.80. The summed E-state index contributed by atoms with van der Waals surface area (Å²) in [5.74, 6) is 0.100. The summed E-state index contributed by atoms with van der Waals surface area (Å²) in [6.07, 6.45) is 0.854. The first-order valence-corrected chi connectivity index (χ1v) is 9.83. The van der Waals surface area contributed by atoms with Gasteiger partial charge in [-0.25, -0.2) is 4.98 Å². The highest BCUT2D eigenvalue weighted by Gasteiger charge is 2.12. The third-order valence-corrected chi connectivity index (χ3v) is 5.34. The number of benzene rings is 2. The largest absolute Gasteiger partial charge is 0.325 e. The van der Waals surface area contributed by atoms with E-state index in [1.807, 2.05) is 50.2 Å². The number of hydrogen-bond acceptors (Lipinski definition) is 4. The molecule has 1 amide bonds. The van der Waals surface area contributed by atoms with Gasteiger partial charge in [-0.2, -0.15) is 5.26 Å². The second-order valence-corrected chi connectivity index (χ2v) is 7.42. The van der Waals surface area contributed by atoms with Crippen molar-refractivity contribution in [3.05, 3.63) is 64.7 Å². The van der Waals surface area contributed by atoms with Crippen LogP contribution < -0.4 is 5.32 Å². The average Bonchev–Trinajstić information content (AvgIpc) is 2.66. The van der Waals surface area contributed by atoms with E-state index in [1.54, 1.807) is 0 Å². The minimum Gasteiger partial charge on any atom is -0.325 e. The minimum atomic E-state index is -0.104. The summed E-state index contributed by atoms with van der Waals surface area (Å²) in [6, 6.07) is 15.9. The molecule has 0 bridgehead atoms. The number of fused-ring (bicyclic) bond motifs is 1. The molecule has 0 atom stereocenters. The quantitative estimate of drug-likeness (QED) is 0.636. The van der Waals surface area contributed by atoms with Crippen LogP contribution in [0.3, 0.4) is 0 Å². The number of carbonyl (C=O) groups is 1. The Kier molecular flexibility index (Phi) is 5.78. The molecule has 5 heteroatoms. The molecule has 0 spiro atoms. The Morgan fingerprint density at radius 2 is 2.00 bits per heavy atom. The van der Waals surface area contributed by atoms with Crippen molar-refractivity contribution in [2.24, 2.45) is 0 Å². The third kappa shape index (κ3) is 4.29. The molecule has 0 aliphatic carbocycles. The molecule has 27 heavy (non-hydrogen) atoms. The lowest BCUT2D eigenvalue weighted by molar-refractivity contribution is -0.113. The van der Waals surface area contributed by atoms with Gasteiger partial charge in [-0.1, -0.05) is 48.5 Å². The van der Waals surface area contributed by atoms with Crippen LogP contribution in [-0.2, 0) is 11.2 Å². The van der Waals surface area contributed by atoms with Gasteiger partial charge in [-0.15, -0.1) is 0 Å². The van der Waals surface area contributed by atoms with Crippen LogP contribution in [0.25, 0.3) is 10.9 Å².